The van der Waals surface area contributed by atoms with Crippen LogP contribution in [-0.2, 0) is 10.1 Å². The van der Waals surface area contributed by atoms with Crippen LogP contribution in [0.15, 0.2) is 0 Å². The summed E-state index contributed by atoms with van der Waals surface area (Å²) in [6.07, 6.45) is 1.47. The van der Waals surface area contributed by atoms with Crippen molar-refractivity contribution in [2.24, 2.45) is 11.1 Å². The average molecular weight is 222 g/mol. The van der Waals surface area contributed by atoms with E-state index in [0.29, 0.717) is 6.54 Å². The molecule has 1 saturated heterocycles. The standard InChI is InChI=1S/C8H18N2O3S/c1-10-4-2-8(6-9,3-5-10)7-14(11,12)13/h2-7,9H2,1H3,(H,11,12,13). The second kappa shape index (κ2) is 4.14. The van der Waals surface area contributed by atoms with Crippen LogP contribution in [0.5, 0.6) is 0 Å². The van der Waals surface area contributed by atoms with Crippen LogP contribution in [0.1, 0.15) is 12.8 Å². The van der Waals surface area contributed by atoms with Gasteiger partial charge in [-0.25, -0.2) is 0 Å². The van der Waals surface area contributed by atoms with Crippen LogP contribution in [0.4, 0.5) is 0 Å². The zero-order chi connectivity index (χ0) is 10.8. The van der Waals surface area contributed by atoms with E-state index in [1.807, 2.05) is 7.05 Å². The third kappa shape index (κ3) is 3.20. The van der Waals surface area contributed by atoms with Gasteiger partial charge in [0.1, 0.15) is 0 Å². The van der Waals surface area contributed by atoms with Gasteiger partial charge in [0.15, 0.2) is 0 Å². The SMILES string of the molecule is CN1CCC(CN)(CS(=O)(=O)O)CC1. The Bertz CT molecular complexity index is 281. The minimum atomic E-state index is -3.91. The second-order valence-corrected chi connectivity index (χ2v) is 5.69. The highest BCUT2D eigenvalue weighted by Crippen LogP contribution is 2.31. The molecule has 0 aliphatic carbocycles. The van der Waals surface area contributed by atoms with Gasteiger partial charge >= 0.3 is 0 Å². The van der Waals surface area contributed by atoms with Crippen molar-refractivity contribution >= 4 is 10.1 Å². The molecule has 0 spiro atoms. The van der Waals surface area contributed by atoms with E-state index < -0.39 is 15.5 Å². The molecule has 84 valence electrons. The maximum atomic E-state index is 10.8. The fourth-order valence-corrected chi connectivity index (χ4v) is 3.07. The molecule has 0 aromatic rings. The first-order valence-electron chi connectivity index (χ1n) is 4.71. The van der Waals surface area contributed by atoms with E-state index in [9.17, 15) is 8.42 Å². The first-order valence-corrected chi connectivity index (χ1v) is 6.32. The van der Waals surface area contributed by atoms with Crippen LogP contribution < -0.4 is 5.73 Å². The molecule has 0 bridgehead atoms. The number of hydrogen-bond acceptors (Lipinski definition) is 4. The van der Waals surface area contributed by atoms with E-state index in [-0.39, 0.29) is 5.75 Å². The Morgan fingerprint density at radius 3 is 2.29 bits per heavy atom. The van der Waals surface area contributed by atoms with Crippen molar-refractivity contribution in [1.29, 1.82) is 0 Å². The van der Waals surface area contributed by atoms with Crippen LogP contribution in [0.3, 0.4) is 0 Å². The lowest BCUT2D eigenvalue weighted by molar-refractivity contribution is 0.147. The number of nitrogens with two attached hydrogens (primary N) is 1. The zero-order valence-electron chi connectivity index (χ0n) is 8.44. The molecule has 0 atom stereocenters. The van der Waals surface area contributed by atoms with Gasteiger partial charge in [-0.15, -0.1) is 0 Å². The zero-order valence-corrected chi connectivity index (χ0v) is 9.26. The third-order valence-electron chi connectivity index (χ3n) is 2.97. The summed E-state index contributed by atoms with van der Waals surface area (Å²) in [5.41, 5.74) is 5.18. The fraction of sp³-hybridized carbons (Fsp3) is 1.00. The monoisotopic (exact) mass is 222 g/mol. The second-order valence-electron chi connectivity index (χ2n) is 4.23. The lowest BCUT2D eigenvalue weighted by atomic mass is 9.80. The summed E-state index contributed by atoms with van der Waals surface area (Å²) in [7, 11) is -1.92. The average Bonchev–Trinajstić information content (AvgIpc) is 2.07. The summed E-state index contributed by atoms with van der Waals surface area (Å²) >= 11 is 0. The van der Waals surface area contributed by atoms with Crippen molar-refractivity contribution in [2.45, 2.75) is 12.8 Å². The number of likely N-dealkylation sites (tertiary alicyclic amines) is 1. The molecule has 5 nitrogen and oxygen atoms in total. The van der Waals surface area contributed by atoms with Crippen molar-refractivity contribution in [2.75, 3.05) is 32.4 Å². The van der Waals surface area contributed by atoms with Gasteiger partial charge < -0.3 is 10.6 Å². The lowest BCUT2D eigenvalue weighted by Gasteiger charge is -2.38. The van der Waals surface area contributed by atoms with E-state index in [4.69, 9.17) is 10.3 Å². The minimum absolute atomic E-state index is 0.204. The smallest absolute Gasteiger partial charge is 0.265 e. The Morgan fingerprint density at radius 1 is 1.43 bits per heavy atom. The molecule has 0 aromatic carbocycles. The summed E-state index contributed by atoms with van der Waals surface area (Å²) in [5.74, 6) is -0.204. The summed E-state index contributed by atoms with van der Waals surface area (Å²) in [6.45, 7) is 2.00. The van der Waals surface area contributed by atoms with Crippen molar-refractivity contribution < 1.29 is 13.0 Å². The van der Waals surface area contributed by atoms with Crippen LogP contribution in [0.2, 0.25) is 0 Å². The number of piperidine rings is 1. The predicted molar refractivity (Wildman–Crippen MR) is 54.6 cm³/mol. The van der Waals surface area contributed by atoms with Gasteiger partial charge in [-0.1, -0.05) is 0 Å². The highest BCUT2D eigenvalue weighted by molar-refractivity contribution is 7.85. The molecule has 1 rings (SSSR count). The molecule has 0 aromatic heterocycles. The molecule has 1 aliphatic rings. The molecule has 0 saturated carbocycles. The first-order chi connectivity index (χ1) is 6.37. The normalized spacial score (nSPS) is 23.6. The molecule has 0 amide bonds. The molecule has 1 aliphatic heterocycles. The van der Waals surface area contributed by atoms with E-state index in [2.05, 4.69) is 4.90 Å². The maximum Gasteiger partial charge on any atom is 0.265 e. The first kappa shape index (κ1) is 11.9. The van der Waals surface area contributed by atoms with E-state index in [0.717, 1.165) is 25.9 Å². The lowest BCUT2D eigenvalue weighted by Crippen LogP contribution is -2.46. The molecule has 0 radical (unpaired) electrons. The summed E-state index contributed by atoms with van der Waals surface area (Å²) in [6, 6.07) is 0. The highest BCUT2D eigenvalue weighted by Gasteiger charge is 2.36. The molecule has 3 N–H and O–H groups in total. The Balaban J connectivity index is 2.68. The Kier molecular flexibility index (Phi) is 3.52. The molecule has 6 heteroatoms. The summed E-state index contributed by atoms with van der Waals surface area (Å²) in [5, 5.41) is 0. The van der Waals surface area contributed by atoms with Crippen molar-refractivity contribution in [1.82, 2.24) is 4.90 Å². The van der Waals surface area contributed by atoms with E-state index in [1.165, 1.54) is 0 Å². The largest absolute Gasteiger partial charge is 0.330 e. The van der Waals surface area contributed by atoms with Crippen LogP contribution in [0.25, 0.3) is 0 Å². The van der Waals surface area contributed by atoms with Crippen LogP contribution in [-0.4, -0.2) is 50.3 Å². The van der Waals surface area contributed by atoms with Gasteiger partial charge in [0, 0.05) is 5.41 Å². The fourth-order valence-electron chi connectivity index (χ4n) is 1.89. The van der Waals surface area contributed by atoms with Gasteiger partial charge in [0.25, 0.3) is 10.1 Å². The summed E-state index contributed by atoms with van der Waals surface area (Å²) < 4.78 is 30.5. The Morgan fingerprint density at radius 2 is 1.93 bits per heavy atom. The molecule has 1 fully saturated rings. The van der Waals surface area contributed by atoms with E-state index in [1.54, 1.807) is 0 Å². The number of rotatable bonds is 3. The maximum absolute atomic E-state index is 10.8. The minimum Gasteiger partial charge on any atom is -0.330 e. The third-order valence-corrected chi connectivity index (χ3v) is 3.95. The predicted octanol–water partition coefficient (Wildman–Crippen LogP) is -0.455. The van der Waals surface area contributed by atoms with Crippen LogP contribution in [0, 0.1) is 5.41 Å². The highest BCUT2D eigenvalue weighted by atomic mass is 32.2. The van der Waals surface area contributed by atoms with Crippen molar-refractivity contribution in [3.05, 3.63) is 0 Å². The van der Waals surface area contributed by atoms with E-state index >= 15 is 0 Å². The van der Waals surface area contributed by atoms with Crippen molar-refractivity contribution in [3.8, 4) is 0 Å². The number of nitrogens with zero attached hydrogens (tertiary/aromatic N) is 1. The van der Waals surface area contributed by atoms with Crippen LogP contribution >= 0.6 is 0 Å². The Hall–Kier alpha value is -0.170. The van der Waals surface area contributed by atoms with Crippen molar-refractivity contribution in [3.63, 3.8) is 0 Å². The Labute approximate surface area is 85.0 Å². The molecule has 0 unspecified atom stereocenters. The number of hydrogen-bond donors (Lipinski definition) is 2. The molecule has 14 heavy (non-hydrogen) atoms. The van der Waals surface area contributed by atoms with Gasteiger partial charge in [-0.2, -0.15) is 8.42 Å². The topological polar surface area (TPSA) is 83.6 Å². The quantitative estimate of drug-likeness (QED) is 0.632. The molecule has 1 heterocycles. The summed E-state index contributed by atoms with van der Waals surface area (Å²) in [4.78, 5) is 2.14. The molecular formula is C8H18N2O3S. The van der Waals surface area contributed by atoms with Gasteiger partial charge in [0.05, 0.1) is 5.75 Å². The molecular weight excluding hydrogens is 204 g/mol. The van der Waals surface area contributed by atoms with Gasteiger partial charge in [0.2, 0.25) is 0 Å². The van der Waals surface area contributed by atoms with Gasteiger partial charge in [-0.3, -0.25) is 4.55 Å². The van der Waals surface area contributed by atoms with Gasteiger partial charge in [-0.05, 0) is 39.5 Å².